The molecule has 0 aliphatic carbocycles. The standard InChI is InChI=1S/C11H22N4/c1-5-10(9(3)4)12-7-11-13-8-14-15(11)6-2/h8-10,12H,5-7H2,1-4H3. The molecular weight excluding hydrogens is 188 g/mol. The van der Waals surface area contributed by atoms with E-state index in [2.05, 4.69) is 43.1 Å². The van der Waals surface area contributed by atoms with Crippen molar-refractivity contribution in [2.75, 3.05) is 0 Å². The summed E-state index contributed by atoms with van der Waals surface area (Å²) >= 11 is 0. The van der Waals surface area contributed by atoms with Crippen molar-refractivity contribution in [2.45, 2.75) is 53.2 Å². The molecule has 15 heavy (non-hydrogen) atoms. The summed E-state index contributed by atoms with van der Waals surface area (Å²) in [6.07, 6.45) is 2.77. The van der Waals surface area contributed by atoms with E-state index in [1.165, 1.54) is 0 Å². The summed E-state index contributed by atoms with van der Waals surface area (Å²) < 4.78 is 1.93. The molecule has 1 rings (SSSR count). The molecule has 0 saturated heterocycles. The lowest BCUT2D eigenvalue weighted by molar-refractivity contribution is 0.378. The largest absolute Gasteiger partial charge is 0.307 e. The van der Waals surface area contributed by atoms with Gasteiger partial charge in [0.1, 0.15) is 12.2 Å². The molecule has 0 amide bonds. The second kappa shape index (κ2) is 5.85. The van der Waals surface area contributed by atoms with Gasteiger partial charge in [0.15, 0.2) is 0 Å². The predicted molar refractivity (Wildman–Crippen MR) is 61.5 cm³/mol. The van der Waals surface area contributed by atoms with Crippen LogP contribution in [0.25, 0.3) is 0 Å². The lowest BCUT2D eigenvalue weighted by atomic mass is 10.0. The van der Waals surface area contributed by atoms with Crippen LogP contribution in [-0.4, -0.2) is 20.8 Å². The van der Waals surface area contributed by atoms with Gasteiger partial charge in [0.25, 0.3) is 0 Å². The average molecular weight is 210 g/mol. The monoisotopic (exact) mass is 210 g/mol. The van der Waals surface area contributed by atoms with E-state index in [4.69, 9.17) is 0 Å². The smallest absolute Gasteiger partial charge is 0.140 e. The van der Waals surface area contributed by atoms with Gasteiger partial charge in [0.05, 0.1) is 6.54 Å². The van der Waals surface area contributed by atoms with Crippen LogP contribution in [0.15, 0.2) is 6.33 Å². The quantitative estimate of drug-likeness (QED) is 0.779. The maximum absolute atomic E-state index is 4.24. The zero-order valence-corrected chi connectivity index (χ0v) is 10.2. The summed E-state index contributed by atoms with van der Waals surface area (Å²) in [6.45, 7) is 10.5. The van der Waals surface area contributed by atoms with Crippen LogP contribution in [0.4, 0.5) is 0 Å². The van der Waals surface area contributed by atoms with Gasteiger partial charge in [-0.15, -0.1) is 0 Å². The van der Waals surface area contributed by atoms with Crippen LogP contribution in [0.5, 0.6) is 0 Å². The van der Waals surface area contributed by atoms with Gasteiger partial charge in [-0.3, -0.25) is 0 Å². The summed E-state index contributed by atoms with van der Waals surface area (Å²) in [7, 11) is 0. The van der Waals surface area contributed by atoms with Crippen molar-refractivity contribution in [3.8, 4) is 0 Å². The van der Waals surface area contributed by atoms with Gasteiger partial charge in [-0.1, -0.05) is 20.8 Å². The third kappa shape index (κ3) is 3.30. The van der Waals surface area contributed by atoms with E-state index in [0.29, 0.717) is 12.0 Å². The molecule has 86 valence electrons. The number of rotatable bonds is 6. The Hall–Kier alpha value is -0.900. The SMILES string of the molecule is CCC(NCc1ncnn1CC)C(C)C. The van der Waals surface area contributed by atoms with E-state index in [1.807, 2.05) is 4.68 Å². The number of aromatic nitrogens is 3. The first kappa shape index (κ1) is 12.2. The zero-order chi connectivity index (χ0) is 11.3. The van der Waals surface area contributed by atoms with Crippen molar-refractivity contribution in [1.82, 2.24) is 20.1 Å². The molecule has 1 aromatic rings. The minimum atomic E-state index is 0.562. The Morgan fingerprint density at radius 1 is 1.40 bits per heavy atom. The molecule has 1 unspecified atom stereocenters. The van der Waals surface area contributed by atoms with Crippen LogP contribution >= 0.6 is 0 Å². The molecule has 0 bridgehead atoms. The van der Waals surface area contributed by atoms with Gasteiger partial charge in [0.2, 0.25) is 0 Å². The van der Waals surface area contributed by atoms with Gasteiger partial charge in [-0.2, -0.15) is 5.10 Å². The van der Waals surface area contributed by atoms with Gasteiger partial charge in [0, 0.05) is 12.6 Å². The molecule has 1 aromatic heterocycles. The fraction of sp³-hybridized carbons (Fsp3) is 0.818. The van der Waals surface area contributed by atoms with E-state index in [-0.39, 0.29) is 0 Å². The fourth-order valence-electron chi connectivity index (χ4n) is 1.76. The van der Waals surface area contributed by atoms with Crippen LogP contribution in [-0.2, 0) is 13.1 Å². The predicted octanol–water partition coefficient (Wildman–Crippen LogP) is 1.82. The molecule has 0 fully saturated rings. The van der Waals surface area contributed by atoms with Crippen molar-refractivity contribution in [3.05, 3.63) is 12.2 Å². The highest BCUT2D eigenvalue weighted by molar-refractivity contribution is 4.85. The molecule has 0 aromatic carbocycles. The summed E-state index contributed by atoms with van der Waals surface area (Å²) in [6, 6.07) is 0.562. The summed E-state index contributed by atoms with van der Waals surface area (Å²) in [5.41, 5.74) is 0. The molecule has 0 aliphatic heterocycles. The number of nitrogens with zero attached hydrogens (tertiary/aromatic N) is 3. The highest BCUT2D eigenvalue weighted by Gasteiger charge is 2.11. The number of nitrogens with one attached hydrogen (secondary N) is 1. The Bertz CT molecular complexity index is 280. The second-order valence-corrected chi connectivity index (χ2v) is 4.13. The lowest BCUT2D eigenvalue weighted by Crippen LogP contribution is -2.33. The topological polar surface area (TPSA) is 42.7 Å². The van der Waals surface area contributed by atoms with Gasteiger partial charge in [-0.25, -0.2) is 9.67 Å². The Kier molecular flexibility index (Phi) is 4.75. The molecule has 4 nitrogen and oxygen atoms in total. The molecule has 1 atom stereocenters. The molecule has 1 heterocycles. The van der Waals surface area contributed by atoms with Crippen molar-refractivity contribution in [2.24, 2.45) is 5.92 Å². The van der Waals surface area contributed by atoms with Crippen molar-refractivity contribution in [3.63, 3.8) is 0 Å². The van der Waals surface area contributed by atoms with Gasteiger partial charge in [-0.05, 0) is 19.3 Å². The Balaban J connectivity index is 2.48. The normalized spacial score (nSPS) is 13.4. The lowest BCUT2D eigenvalue weighted by Gasteiger charge is -2.20. The number of hydrogen-bond acceptors (Lipinski definition) is 3. The Morgan fingerprint density at radius 3 is 2.67 bits per heavy atom. The maximum atomic E-state index is 4.24. The van der Waals surface area contributed by atoms with E-state index < -0.39 is 0 Å². The van der Waals surface area contributed by atoms with Crippen molar-refractivity contribution >= 4 is 0 Å². The van der Waals surface area contributed by atoms with Crippen LogP contribution in [0.1, 0.15) is 39.9 Å². The first-order chi connectivity index (χ1) is 7.19. The van der Waals surface area contributed by atoms with E-state index >= 15 is 0 Å². The minimum absolute atomic E-state index is 0.562. The van der Waals surface area contributed by atoms with Gasteiger partial charge >= 0.3 is 0 Å². The van der Waals surface area contributed by atoms with Crippen LogP contribution in [0.3, 0.4) is 0 Å². The van der Waals surface area contributed by atoms with Crippen LogP contribution in [0.2, 0.25) is 0 Å². The molecule has 0 spiro atoms. The summed E-state index contributed by atoms with van der Waals surface area (Å²) in [4.78, 5) is 4.24. The maximum Gasteiger partial charge on any atom is 0.140 e. The van der Waals surface area contributed by atoms with Crippen molar-refractivity contribution < 1.29 is 0 Å². The Labute approximate surface area is 92.1 Å². The third-order valence-corrected chi connectivity index (χ3v) is 2.76. The van der Waals surface area contributed by atoms with Gasteiger partial charge < -0.3 is 5.32 Å². The molecule has 4 heteroatoms. The highest BCUT2D eigenvalue weighted by atomic mass is 15.3. The fourth-order valence-corrected chi connectivity index (χ4v) is 1.76. The van der Waals surface area contributed by atoms with Crippen molar-refractivity contribution in [1.29, 1.82) is 0 Å². The molecule has 0 saturated carbocycles. The van der Waals surface area contributed by atoms with Crippen LogP contribution in [0, 0.1) is 5.92 Å². The summed E-state index contributed by atoms with van der Waals surface area (Å²) in [5.74, 6) is 1.68. The van der Waals surface area contributed by atoms with E-state index in [1.54, 1.807) is 6.33 Å². The number of hydrogen-bond donors (Lipinski definition) is 1. The summed E-state index contributed by atoms with van der Waals surface area (Å²) in [5, 5.41) is 7.67. The van der Waals surface area contributed by atoms with E-state index in [9.17, 15) is 0 Å². The van der Waals surface area contributed by atoms with Crippen LogP contribution < -0.4 is 5.32 Å². The molecule has 1 N–H and O–H groups in total. The third-order valence-electron chi connectivity index (χ3n) is 2.76. The average Bonchev–Trinajstić information content (AvgIpc) is 2.65. The minimum Gasteiger partial charge on any atom is -0.307 e. The molecular formula is C11H22N4. The zero-order valence-electron chi connectivity index (χ0n) is 10.2. The molecule has 0 aliphatic rings. The number of aryl methyl sites for hydroxylation is 1. The first-order valence-electron chi connectivity index (χ1n) is 5.79. The Morgan fingerprint density at radius 2 is 2.13 bits per heavy atom. The second-order valence-electron chi connectivity index (χ2n) is 4.13. The highest BCUT2D eigenvalue weighted by Crippen LogP contribution is 2.06. The first-order valence-corrected chi connectivity index (χ1v) is 5.79. The van der Waals surface area contributed by atoms with E-state index in [0.717, 1.165) is 25.3 Å². The molecule has 0 radical (unpaired) electrons.